The maximum Gasteiger partial charge on any atom is 0.247 e. The predicted octanol–water partition coefficient (Wildman–Crippen LogP) is 2.99. The molecule has 0 saturated heterocycles. The Morgan fingerprint density at radius 3 is 2.70 bits per heavy atom. The van der Waals surface area contributed by atoms with Gasteiger partial charge in [0, 0.05) is 24.9 Å². The van der Waals surface area contributed by atoms with Gasteiger partial charge >= 0.3 is 0 Å². The molecule has 3 aromatic heterocycles. The van der Waals surface area contributed by atoms with Crippen molar-refractivity contribution >= 4 is 17.5 Å². The van der Waals surface area contributed by atoms with E-state index in [1.807, 2.05) is 19.1 Å². The largest absolute Gasteiger partial charge is 0.381 e. The molecule has 2 N–H and O–H groups in total. The molecule has 4 heterocycles. The molecule has 10 heteroatoms. The summed E-state index contributed by atoms with van der Waals surface area (Å²) in [6.45, 7) is 2.81. The van der Waals surface area contributed by atoms with Crippen LogP contribution < -0.4 is 10.2 Å². The Bertz CT molecular complexity index is 1130. The van der Waals surface area contributed by atoms with Crippen molar-refractivity contribution in [1.82, 2.24) is 30.1 Å². The molecule has 0 radical (unpaired) electrons. The molecule has 1 aliphatic heterocycles. The second kappa shape index (κ2) is 9.22. The molecule has 1 amide bonds. The van der Waals surface area contributed by atoms with Gasteiger partial charge in [0.05, 0.1) is 24.5 Å². The highest BCUT2D eigenvalue weighted by molar-refractivity contribution is 6.00. The van der Waals surface area contributed by atoms with E-state index in [1.54, 1.807) is 18.2 Å². The van der Waals surface area contributed by atoms with Crippen LogP contribution in [0.25, 0.3) is 22.8 Å². The summed E-state index contributed by atoms with van der Waals surface area (Å²) in [6.07, 6.45) is 8.98. The van der Waals surface area contributed by atoms with Crippen LogP contribution in [0.1, 0.15) is 37.8 Å². The van der Waals surface area contributed by atoms with Crippen LogP contribution in [0.4, 0.5) is 11.6 Å². The summed E-state index contributed by atoms with van der Waals surface area (Å²) in [5.74, 6) is 2.48. The number of methoxy groups -OCH3 is 1. The molecule has 3 aromatic rings. The number of hydrogen-bond acceptors (Lipinski definition) is 8. The molecule has 33 heavy (non-hydrogen) atoms. The third-order valence-corrected chi connectivity index (χ3v) is 6.63. The molecule has 1 fully saturated rings. The standard InChI is InChI=1S/C23H28N8O2/c1-14-17(7-8-18(28-14)21-26-13-27-30-21)19-11-24-22-23(29-19)31(20(32)12-25-22)10-9-15-3-5-16(33-2)6-4-15/h7-8,11,13,15-16H,3-6,9-10,12H2,1-2H3,(H,24,25)(H,26,27,30). The zero-order chi connectivity index (χ0) is 22.8. The lowest BCUT2D eigenvalue weighted by Gasteiger charge is -2.32. The number of fused-ring (bicyclic) bond motifs is 1. The van der Waals surface area contributed by atoms with Crippen LogP contribution >= 0.6 is 0 Å². The van der Waals surface area contributed by atoms with Gasteiger partial charge in [0.1, 0.15) is 12.0 Å². The van der Waals surface area contributed by atoms with Gasteiger partial charge in [-0.3, -0.25) is 14.8 Å². The first kappa shape index (κ1) is 21.4. The Labute approximate surface area is 192 Å². The van der Waals surface area contributed by atoms with Crippen LogP contribution in [0.5, 0.6) is 0 Å². The molecule has 1 saturated carbocycles. The van der Waals surface area contributed by atoms with Crippen molar-refractivity contribution in [3.8, 4) is 22.8 Å². The number of H-pyrrole nitrogens is 1. The molecule has 5 rings (SSSR count). The van der Waals surface area contributed by atoms with Gasteiger partial charge in [0.2, 0.25) is 5.91 Å². The minimum absolute atomic E-state index is 0.0232. The first-order valence-corrected chi connectivity index (χ1v) is 11.4. The molecule has 0 atom stereocenters. The van der Waals surface area contributed by atoms with Gasteiger partial charge in [-0.15, -0.1) is 0 Å². The van der Waals surface area contributed by atoms with Gasteiger partial charge in [0.25, 0.3) is 0 Å². The third-order valence-electron chi connectivity index (χ3n) is 6.63. The number of nitrogens with one attached hydrogen (secondary N) is 2. The molecule has 1 aliphatic carbocycles. The smallest absolute Gasteiger partial charge is 0.247 e. The number of aromatic nitrogens is 6. The Balaban J connectivity index is 1.36. The van der Waals surface area contributed by atoms with E-state index < -0.39 is 0 Å². The van der Waals surface area contributed by atoms with E-state index in [9.17, 15) is 4.79 Å². The van der Waals surface area contributed by atoms with Crippen LogP contribution in [-0.2, 0) is 9.53 Å². The second-order valence-corrected chi connectivity index (χ2v) is 8.66. The van der Waals surface area contributed by atoms with Crippen LogP contribution in [0, 0.1) is 12.8 Å². The number of carbonyl (C=O) groups is 1. The topological polar surface area (TPSA) is 122 Å². The van der Waals surface area contributed by atoms with E-state index in [1.165, 1.54) is 6.33 Å². The monoisotopic (exact) mass is 448 g/mol. The summed E-state index contributed by atoms with van der Waals surface area (Å²) in [6, 6.07) is 3.83. The summed E-state index contributed by atoms with van der Waals surface area (Å²) in [4.78, 5) is 32.8. The minimum atomic E-state index is 0.0232. The fourth-order valence-corrected chi connectivity index (χ4v) is 4.69. The van der Waals surface area contributed by atoms with Gasteiger partial charge in [-0.25, -0.2) is 19.9 Å². The van der Waals surface area contributed by atoms with Gasteiger partial charge < -0.3 is 10.1 Å². The van der Waals surface area contributed by atoms with E-state index >= 15 is 0 Å². The molecular formula is C23H28N8O2. The fourth-order valence-electron chi connectivity index (χ4n) is 4.69. The van der Waals surface area contributed by atoms with Crippen molar-refractivity contribution in [2.45, 2.75) is 45.1 Å². The number of pyridine rings is 1. The summed E-state index contributed by atoms with van der Waals surface area (Å²) in [5.41, 5.74) is 3.06. The summed E-state index contributed by atoms with van der Waals surface area (Å²) < 4.78 is 5.49. The Morgan fingerprint density at radius 2 is 1.97 bits per heavy atom. The zero-order valence-electron chi connectivity index (χ0n) is 18.9. The predicted molar refractivity (Wildman–Crippen MR) is 124 cm³/mol. The van der Waals surface area contributed by atoms with Crippen LogP contribution in [-0.4, -0.2) is 62.3 Å². The molecule has 0 spiro atoms. The van der Waals surface area contributed by atoms with Crippen LogP contribution in [0.3, 0.4) is 0 Å². The molecule has 2 aliphatic rings. The maximum atomic E-state index is 12.8. The van der Waals surface area contributed by atoms with Gasteiger partial charge in [-0.05, 0) is 57.1 Å². The van der Waals surface area contributed by atoms with Crippen molar-refractivity contribution in [2.75, 3.05) is 30.4 Å². The number of anilines is 2. The number of rotatable bonds is 6. The maximum absolute atomic E-state index is 12.8. The highest BCUT2D eigenvalue weighted by atomic mass is 16.5. The Hall–Kier alpha value is -3.40. The summed E-state index contributed by atoms with van der Waals surface area (Å²) in [7, 11) is 1.79. The second-order valence-electron chi connectivity index (χ2n) is 8.66. The Kier molecular flexibility index (Phi) is 5.99. The molecule has 0 aromatic carbocycles. The Morgan fingerprint density at radius 1 is 1.12 bits per heavy atom. The van der Waals surface area contributed by atoms with E-state index in [-0.39, 0.29) is 12.5 Å². The number of aromatic amines is 1. The van der Waals surface area contributed by atoms with Crippen molar-refractivity contribution in [2.24, 2.45) is 5.92 Å². The lowest BCUT2D eigenvalue weighted by atomic mass is 9.85. The molecular weight excluding hydrogens is 420 g/mol. The highest BCUT2D eigenvalue weighted by Crippen LogP contribution is 2.33. The summed E-state index contributed by atoms with van der Waals surface area (Å²) >= 11 is 0. The van der Waals surface area contributed by atoms with Crippen LogP contribution in [0.15, 0.2) is 24.7 Å². The van der Waals surface area contributed by atoms with E-state index in [2.05, 4.69) is 30.5 Å². The zero-order valence-corrected chi connectivity index (χ0v) is 18.9. The number of hydrogen-bond donors (Lipinski definition) is 2. The lowest BCUT2D eigenvalue weighted by molar-refractivity contribution is -0.117. The van der Waals surface area contributed by atoms with Crippen molar-refractivity contribution in [3.63, 3.8) is 0 Å². The molecule has 10 nitrogen and oxygen atoms in total. The van der Waals surface area contributed by atoms with Gasteiger partial charge in [-0.2, -0.15) is 5.10 Å². The van der Waals surface area contributed by atoms with Gasteiger partial charge in [0.15, 0.2) is 17.5 Å². The average molecular weight is 449 g/mol. The lowest BCUT2D eigenvalue weighted by Crippen LogP contribution is -2.42. The number of carbonyl (C=O) groups excluding carboxylic acids is 1. The minimum Gasteiger partial charge on any atom is -0.381 e. The average Bonchev–Trinajstić information content (AvgIpc) is 3.38. The van der Waals surface area contributed by atoms with Crippen molar-refractivity contribution in [1.29, 1.82) is 0 Å². The normalized spacial score (nSPS) is 20.4. The SMILES string of the molecule is COC1CCC(CCN2C(=O)CNc3ncc(-c4ccc(-c5ncn[nH]5)nc4C)nc32)CC1. The highest BCUT2D eigenvalue weighted by Gasteiger charge is 2.29. The quantitative estimate of drug-likeness (QED) is 0.590. The summed E-state index contributed by atoms with van der Waals surface area (Å²) in [5, 5.41) is 9.81. The van der Waals surface area contributed by atoms with Crippen molar-refractivity contribution < 1.29 is 9.53 Å². The molecule has 172 valence electrons. The fraction of sp³-hybridized carbons (Fsp3) is 0.478. The van der Waals surface area contributed by atoms with E-state index in [4.69, 9.17) is 9.72 Å². The van der Waals surface area contributed by atoms with Gasteiger partial charge in [-0.1, -0.05) is 0 Å². The molecule has 0 bridgehead atoms. The number of amides is 1. The number of aryl methyl sites for hydroxylation is 1. The van der Waals surface area contributed by atoms with Crippen molar-refractivity contribution in [3.05, 3.63) is 30.4 Å². The number of nitrogens with zero attached hydrogens (tertiary/aromatic N) is 6. The first-order valence-electron chi connectivity index (χ1n) is 11.4. The molecule has 0 unspecified atom stereocenters. The third kappa shape index (κ3) is 4.43. The van der Waals surface area contributed by atoms with Crippen LogP contribution in [0.2, 0.25) is 0 Å². The van der Waals surface area contributed by atoms with E-state index in [0.717, 1.165) is 43.4 Å². The first-order chi connectivity index (χ1) is 16.1. The van der Waals surface area contributed by atoms with E-state index in [0.29, 0.717) is 47.4 Å². The number of ether oxygens (including phenoxy) is 1.